The number of likely N-dealkylation sites (N-methyl/N-ethyl adjacent to an activating group) is 1. The molecule has 2 aromatic rings. The first-order valence-corrected chi connectivity index (χ1v) is 9.85. The van der Waals surface area contributed by atoms with Crippen molar-refractivity contribution in [3.8, 4) is 0 Å². The van der Waals surface area contributed by atoms with E-state index < -0.39 is 6.04 Å². The quantitative estimate of drug-likeness (QED) is 0.812. The number of carbonyl (C=O) groups excluding carboxylic acids is 2. The van der Waals surface area contributed by atoms with Crippen LogP contribution in [0.15, 0.2) is 59.1 Å². The third kappa shape index (κ3) is 4.76. The van der Waals surface area contributed by atoms with Gasteiger partial charge in [0.1, 0.15) is 6.04 Å². The number of hydrogen-bond donors (Lipinski definition) is 1. The van der Waals surface area contributed by atoms with E-state index >= 15 is 0 Å². The lowest BCUT2D eigenvalue weighted by molar-refractivity contribution is -0.137. The van der Waals surface area contributed by atoms with Gasteiger partial charge in [-0.15, -0.1) is 0 Å². The normalized spacial score (nSPS) is 18.8. The van der Waals surface area contributed by atoms with Crippen molar-refractivity contribution in [1.82, 2.24) is 15.1 Å². The molecule has 0 aliphatic carbocycles. The maximum Gasteiger partial charge on any atom is 0.251 e. The molecule has 1 aliphatic heterocycles. The summed E-state index contributed by atoms with van der Waals surface area (Å²) in [4.78, 5) is 29.7. The van der Waals surface area contributed by atoms with Crippen LogP contribution in [0.25, 0.3) is 0 Å². The molecule has 5 nitrogen and oxygen atoms in total. The first kappa shape index (κ1) is 19.6. The molecule has 0 bridgehead atoms. The van der Waals surface area contributed by atoms with E-state index in [1.807, 2.05) is 35.2 Å². The summed E-state index contributed by atoms with van der Waals surface area (Å²) in [6.07, 6.45) is 0. The molecule has 0 saturated carbocycles. The molecule has 1 N–H and O–H groups in total. The van der Waals surface area contributed by atoms with Crippen LogP contribution >= 0.6 is 15.9 Å². The Hall–Kier alpha value is -2.18. The Morgan fingerprint density at radius 1 is 1.07 bits per heavy atom. The summed E-state index contributed by atoms with van der Waals surface area (Å²) in [7, 11) is 2.07. The maximum atomic E-state index is 13.1. The van der Waals surface area contributed by atoms with Gasteiger partial charge in [0.25, 0.3) is 5.91 Å². The zero-order chi connectivity index (χ0) is 19.4. The van der Waals surface area contributed by atoms with E-state index in [1.54, 1.807) is 19.1 Å². The Morgan fingerprint density at radius 3 is 2.41 bits per heavy atom. The second-order valence-electron chi connectivity index (χ2n) is 6.92. The molecule has 27 heavy (non-hydrogen) atoms. The standard InChI is InChI=1S/C21H24BrN3O2/c1-15(23-20(26)17-8-10-18(22)11-9-17)21(27)25-13-12-24(2)14-19(25)16-6-4-3-5-7-16/h3-11,15,19H,12-14H2,1-2H3,(H,23,26)/t15-,19+/m0/s1. The molecule has 0 radical (unpaired) electrons. The molecule has 1 saturated heterocycles. The highest BCUT2D eigenvalue weighted by molar-refractivity contribution is 9.10. The predicted molar refractivity (Wildman–Crippen MR) is 109 cm³/mol. The largest absolute Gasteiger partial charge is 0.341 e. The van der Waals surface area contributed by atoms with E-state index in [2.05, 4.69) is 45.3 Å². The molecular formula is C21H24BrN3O2. The van der Waals surface area contributed by atoms with Crippen LogP contribution in [0.4, 0.5) is 0 Å². The van der Waals surface area contributed by atoms with Crippen LogP contribution in [0.5, 0.6) is 0 Å². The van der Waals surface area contributed by atoms with E-state index in [-0.39, 0.29) is 17.9 Å². The number of benzene rings is 2. The van der Waals surface area contributed by atoms with Gasteiger partial charge in [-0.3, -0.25) is 9.59 Å². The Kier molecular flexibility index (Phi) is 6.29. The van der Waals surface area contributed by atoms with Crippen LogP contribution < -0.4 is 5.32 Å². The lowest BCUT2D eigenvalue weighted by Crippen LogP contribution is -2.54. The van der Waals surface area contributed by atoms with Crippen molar-refractivity contribution in [3.63, 3.8) is 0 Å². The topological polar surface area (TPSA) is 52.7 Å². The van der Waals surface area contributed by atoms with Crippen molar-refractivity contribution in [2.75, 3.05) is 26.7 Å². The van der Waals surface area contributed by atoms with Crippen molar-refractivity contribution in [2.24, 2.45) is 0 Å². The number of nitrogens with zero attached hydrogens (tertiary/aromatic N) is 2. The molecule has 0 aromatic heterocycles. The lowest BCUT2D eigenvalue weighted by atomic mass is 10.0. The Labute approximate surface area is 168 Å². The third-order valence-corrected chi connectivity index (χ3v) is 5.40. The molecule has 6 heteroatoms. The average Bonchev–Trinajstić information content (AvgIpc) is 2.68. The van der Waals surface area contributed by atoms with E-state index in [1.165, 1.54) is 0 Å². The Bertz CT molecular complexity index is 795. The zero-order valence-electron chi connectivity index (χ0n) is 15.6. The first-order valence-electron chi connectivity index (χ1n) is 9.06. The van der Waals surface area contributed by atoms with E-state index in [9.17, 15) is 9.59 Å². The van der Waals surface area contributed by atoms with Gasteiger partial charge in [-0.05, 0) is 43.8 Å². The molecule has 2 atom stereocenters. The Morgan fingerprint density at radius 2 is 1.74 bits per heavy atom. The van der Waals surface area contributed by atoms with Gasteiger partial charge in [0, 0.05) is 29.7 Å². The molecule has 0 spiro atoms. The van der Waals surface area contributed by atoms with Crippen molar-refractivity contribution in [1.29, 1.82) is 0 Å². The number of carbonyl (C=O) groups is 2. The smallest absolute Gasteiger partial charge is 0.251 e. The van der Waals surface area contributed by atoms with Crippen LogP contribution in [0.3, 0.4) is 0 Å². The van der Waals surface area contributed by atoms with Gasteiger partial charge in [0.2, 0.25) is 5.91 Å². The average molecular weight is 430 g/mol. The Balaban J connectivity index is 1.72. The van der Waals surface area contributed by atoms with Crippen LogP contribution in [-0.2, 0) is 4.79 Å². The second kappa shape index (κ2) is 8.67. The SMILES string of the molecule is C[C@H](NC(=O)c1ccc(Br)cc1)C(=O)N1CCN(C)C[C@@H]1c1ccccc1. The fraction of sp³-hybridized carbons (Fsp3) is 0.333. The summed E-state index contributed by atoms with van der Waals surface area (Å²) in [5.41, 5.74) is 1.65. The second-order valence-corrected chi connectivity index (χ2v) is 7.84. The van der Waals surface area contributed by atoms with E-state index in [0.29, 0.717) is 12.1 Å². The highest BCUT2D eigenvalue weighted by atomic mass is 79.9. The van der Waals surface area contributed by atoms with Crippen molar-refractivity contribution < 1.29 is 9.59 Å². The first-order chi connectivity index (χ1) is 13.0. The number of nitrogens with one attached hydrogen (secondary N) is 1. The zero-order valence-corrected chi connectivity index (χ0v) is 17.1. The lowest BCUT2D eigenvalue weighted by Gasteiger charge is -2.41. The summed E-state index contributed by atoms with van der Waals surface area (Å²) in [6.45, 7) is 4.00. The summed E-state index contributed by atoms with van der Waals surface area (Å²) in [5.74, 6) is -0.295. The summed E-state index contributed by atoms with van der Waals surface area (Å²) in [6, 6.07) is 16.6. The molecule has 1 fully saturated rings. The number of halogens is 1. The maximum absolute atomic E-state index is 13.1. The van der Waals surface area contributed by atoms with Gasteiger partial charge in [0.15, 0.2) is 0 Å². The van der Waals surface area contributed by atoms with Crippen LogP contribution in [0.1, 0.15) is 28.9 Å². The van der Waals surface area contributed by atoms with Gasteiger partial charge >= 0.3 is 0 Å². The monoisotopic (exact) mass is 429 g/mol. The molecule has 2 aromatic carbocycles. The molecule has 0 unspecified atom stereocenters. The minimum absolute atomic E-state index is 0.00974. The summed E-state index contributed by atoms with van der Waals surface area (Å²) >= 11 is 3.36. The van der Waals surface area contributed by atoms with Crippen molar-refractivity contribution in [3.05, 3.63) is 70.2 Å². The predicted octanol–water partition coefficient (Wildman–Crippen LogP) is 3.08. The van der Waals surface area contributed by atoms with Crippen LogP contribution in [-0.4, -0.2) is 54.3 Å². The number of hydrogen-bond acceptors (Lipinski definition) is 3. The van der Waals surface area contributed by atoms with Gasteiger partial charge in [-0.2, -0.15) is 0 Å². The minimum Gasteiger partial charge on any atom is -0.341 e. The van der Waals surface area contributed by atoms with Crippen molar-refractivity contribution in [2.45, 2.75) is 19.0 Å². The van der Waals surface area contributed by atoms with Crippen molar-refractivity contribution >= 4 is 27.7 Å². The molecule has 3 rings (SSSR count). The molecule has 1 aliphatic rings. The van der Waals surface area contributed by atoms with E-state index in [4.69, 9.17) is 0 Å². The fourth-order valence-electron chi connectivity index (χ4n) is 3.34. The minimum atomic E-state index is -0.587. The third-order valence-electron chi connectivity index (χ3n) is 4.88. The van der Waals surface area contributed by atoms with E-state index in [0.717, 1.165) is 23.1 Å². The number of piperazine rings is 1. The fourth-order valence-corrected chi connectivity index (χ4v) is 3.60. The molecule has 2 amide bonds. The molecule has 142 valence electrons. The van der Waals surface area contributed by atoms with Gasteiger partial charge in [0.05, 0.1) is 6.04 Å². The molecule has 1 heterocycles. The van der Waals surface area contributed by atoms with Crippen LogP contribution in [0.2, 0.25) is 0 Å². The van der Waals surface area contributed by atoms with Gasteiger partial charge in [-0.25, -0.2) is 0 Å². The number of amides is 2. The molecular weight excluding hydrogens is 406 g/mol. The summed E-state index contributed by atoms with van der Waals surface area (Å²) < 4.78 is 0.909. The highest BCUT2D eigenvalue weighted by Crippen LogP contribution is 2.25. The summed E-state index contributed by atoms with van der Waals surface area (Å²) in [5, 5.41) is 2.84. The number of rotatable bonds is 4. The van der Waals surface area contributed by atoms with Crippen LogP contribution in [0, 0.1) is 0 Å². The van der Waals surface area contributed by atoms with Gasteiger partial charge < -0.3 is 15.1 Å². The highest BCUT2D eigenvalue weighted by Gasteiger charge is 2.33. The van der Waals surface area contributed by atoms with Gasteiger partial charge in [-0.1, -0.05) is 46.3 Å².